The number of nitrogens with zero attached hydrogens (tertiary/aromatic N) is 2. The van der Waals surface area contributed by atoms with Gasteiger partial charge in [-0.3, -0.25) is 4.90 Å². The number of hydrogen-bond acceptors (Lipinski definition) is 3. The van der Waals surface area contributed by atoms with Crippen LogP contribution >= 0.6 is 0 Å². The van der Waals surface area contributed by atoms with E-state index in [-0.39, 0.29) is 0 Å². The van der Waals surface area contributed by atoms with E-state index in [0.717, 1.165) is 12.0 Å². The Kier molecular flexibility index (Phi) is 3.46. The van der Waals surface area contributed by atoms with E-state index in [1.54, 1.807) is 0 Å². The second kappa shape index (κ2) is 5.03. The number of piperazine rings is 1. The summed E-state index contributed by atoms with van der Waals surface area (Å²) in [5.41, 5.74) is 0. The zero-order valence-electron chi connectivity index (χ0n) is 10.3. The lowest BCUT2D eigenvalue weighted by Crippen LogP contribution is -2.48. The van der Waals surface area contributed by atoms with E-state index >= 15 is 0 Å². The standard InChI is InChI=1S/C13H25N3/c1-2-12(1)11-16-9-7-15(8-10-16)6-5-14-13-3-4-13/h12-14H,1-11H2. The van der Waals surface area contributed by atoms with E-state index < -0.39 is 0 Å². The minimum absolute atomic E-state index is 0.871. The maximum atomic E-state index is 3.60. The van der Waals surface area contributed by atoms with Gasteiger partial charge >= 0.3 is 0 Å². The molecule has 16 heavy (non-hydrogen) atoms. The van der Waals surface area contributed by atoms with Gasteiger partial charge in [0.15, 0.2) is 0 Å². The highest BCUT2D eigenvalue weighted by molar-refractivity contribution is 4.83. The van der Waals surface area contributed by atoms with Gasteiger partial charge in [-0.2, -0.15) is 0 Å². The molecule has 0 aromatic rings. The van der Waals surface area contributed by atoms with Crippen LogP contribution in [0.4, 0.5) is 0 Å². The van der Waals surface area contributed by atoms with Crippen molar-refractivity contribution in [1.29, 1.82) is 0 Å². The van der Waals surface area contributed by atoms with Crippen LogP contribution in [-0.2, 0) is 0 Å². The molecule has 0 spiro atoms. The summed E-state index contributed by atoms with van der Waals surface area (Å²) in [4.78, 5) is 5.29. The Labute approximate surface area is 99.2 Å². The molecule has 1 saturated heterocycles. The molecule has 2 aliphatic carbocycles. The van der Waals surface area contributed by atoms with Crippen LogP contribution in [0.5, 0.6) is 0 Å². The first-order chi connectivity index (χ1) is 7.90. The number of hydrogen-bond donors (Lipinski definition) is 1. The molecule has 3 heteroatoms. The maximum Gasteiger partial charge on any atom is 0.0110 e. The molecular weight excluding hydrogens is 198 g/mol. The van der Waals surface area contributed by atoms with Gasteiger partial charge in [0.25, 0.3) is 0 Å². The zero-order chi connectivity index (χ0) is 10.8. The number of nitrogens with one attached hydrogen (secondary N) is 1. The summed E-state index contributed by atoms with van der Waals surface area (Å²) in [6.07, 6.45) is 5.81. The molecule has 0 aromatic heterocycles. The van der Waals surface area contributed by atoms with Crippen molar-refractivity contribution in [1.82, 2.24) is 15.1 Å². The van der Waals surface area contributed by atoms with Crippen molar-refractivity contribution in [2.75, 3.05) is 45.8 Å². The first-order valence-corrected chi connectivity index (χ1v) is 7.08. The average molecular weight is 223 g/mol. The van der Waals surface area contributed by atoms with Crippen molar-refractivity contribution in [3.63, 3.8) is 0 Å². The minimum atomic E-state index is 0.871. The smallest absolute Gasteiger partial charge is 0.0110 e. The molecular formula is C13H25N3. The van der Waals surface area contributed by atoms with Gasteiger partial charge in [-0.1, -0.05) is 0 Å². The Morgan fingerprint density at radius 3 is 2.19 bits per heavy atom. The number of rotatable bonds is 6. The summed E-state index contributed by atoms with van der Waals surface area (Å²) in [6, 6.07) is 0.871. The fourth-order valence-electron chi connectivity index (χ4n) is 2.58. The minimum Gasteiger partial charge on any atom is -0.313 e. The second-order valence-electron chi connectivity index (χ2n) is 5.81. The van der Waals surface area contributed by atoms with Gasteiger partial charge in [0.05, 0.1) is 0 Å². The highest BCUT2D eigenvalue weighted by Gasteiger charge is 2.26. The molecule has 3 aliphatic rings. The van der Waals surface area contributed by atoms with Crippen LogP contribution in [-0.4, -0.2) is 61.7 Å². The Hall–Kier alpha value is -0.120. The van der Waals surface area contributed by atoms with E-state index in [1.165, 1.54) is 71.5 Å². The monoisotopic (exact) mass is 223 g/mol. The van der Waals surface area contributed by atoms with Crippen molar-refractivity contribution in [2.45, 2.75) is 31.7 Å². The Morgan fingerprint density at radius 1 is 0.875 bits per heavy atom. The van der Waals surface area contributed by atoms with Gasteiger partial charge in [-0.15, -0.1) is 0 Å². The van der Waals surface area contributed by atoms with Crippen molar-refractivity contribution >= 4 is 0 Å². The van der Waals surface area contributed by atoms with E-state index in [1.807, 2.05) is 0 Å². The Balaban J connectivity index is 1.27. The molecule has 1 heterocycles. The first kappa shape index (κ1) is 11.0. The van der Waals surface area contributed by atoms with E-state index in [0.29, 0.717) is 0 Å². The van der Waals surface area contributed by atoms with Gasteiger partial charge < -0.3 is 10.2 Å². The van der Waals surface area contributed by atoms with Crippen molar-refractivity contribution < 1.29 is 0 Å². The van der Waals surface area contributed by atoms with Gasteiger partial charge in [-0.05, 0) is 31.6 Å². The summed E-state index contributed by atoms with van der Waals surface area (Å²) in [7, 11) is 0. The van der Waals surface area contributed by atoms with Gasteiger partial charge in [0, 0.05) is 51.9 Å². The lowest BCUT2D eigenvalue weighted by atomic mass is 10.3. The lowest BCUT2D eigenvalue weighted by molar-refractivity contribution is 0.129. The predicted octanol–water partition coefficient (Wildman–Crippen LogP) is 0.766. The third-order valence-corrected chi connectivity index (χ3v) is 4.12. The molecule has 0 unspecified atom stereocenters. The second-order valence-corrected chi connectivity index (χ2v) is 5.81. The van der Waals surface area contributed by atoms with Crippen LogP contribution in [0, 0.1) is 5.92 Å². The molecule has 3 nitrogen and oxygen atoms in total. The van der Waals surface area contributed by atoms with Gasteiger partial charge in [0.1, 0.15) is 0 Å². The Bertz CT molecular complexity index is 215. The lowest BCUT2D eigenvalue weighted by Gasteiger charge is -2.34. The summed E-state index contributed by atoms with van der Waals surface area (Å²) in [5.74, 6) is 1.06. The molecule has 0 atom stereocenters. The molecule has 0 radical (unpaired) electrons. The topological polar surface area (TPSA) is 18.5 Å². The van der Waals surface area contributed by atoms with Gasteiger partial charge in [0.2, 0.25) is 0 Å². The summed E-state index contributed by atoms with van der Waals surface area (Å²) < 4.78 is 0. The molecule has 0 amide bonds. The average Bonchev–Trinajstić information content (AvgIpc) is 3.14. The van der Waals surface area contributed by atoms with Crippen LogP contribution in [0.2, 0.25) is 0 Å². The largest absolute Gasteiger partial charge is 0.313 e. The normalized spacial score (nSPS) is 28.5. The van der Waals surface area contributed by atoms with E-state index in [4.69, 9.17) is 0 Å². The first-order valence-electron chi connectivity index (χ1n) is 7.08. The predicted molar refractivity (Wildman–Crippen MR) is 66.6 cm³/mol. The fraction of sp³-hybridized carbons (Fsp3) is 1.00. The summed E-state index contributed by atoms with van der Waals surface area (Å²) >= 11 is 0. The van der Waals surface area contributed by atoms with Crippen molar-refractivity contribution in [2.24, 2.45) is 5.92 Å². The molecule has 2 saturated carbocycles. The van der Waals surface area contributed by atoms with Crippen LogP contribution in [0.3, 0.4) is 0 Å². The van der Waals surface area contributed by atoms with Crippen molar-refractivity contribution in [3.8, 4) is 0 Å². The molecule has 3 fully saturated rings. The van der Waals surface area contributed by atoms with E-state index in [9.17, 15) is 0 Å². The molecule has 0 aromatic carbocycles. The highest BCUT2D eigenvalue weighted by atomic mass is 15.3. The maximum absolute atomic E-state index is 3.60. The molecule has 92 valence electrons. The van der Waals surface area contributed by atoms with Crippen LogP contribution < -0.4 is 5.32 Å². The van der Waals surface area contributed by atoms with E-state index in [2.05, 4.69) is 15.1 Å². The molecule has 1 aliphatic heterocycles. The summed E-state index contributed by atoms with van der Waals surface area (Å²) in [5, 5.41) is 3.60. The molecule has 3 rings (SSSR count). The zero-order valence-corrected chi connectivity index (χ0v) is 10.3. The fourth-order valence-corrected chi connectivity index (χ4v) is 2.58. The SMILES string of the molecule is C(CN1CCN(CC2CC2)CC1)NC1CC1. The third-order valence-electron chi connectivity index (χ3n) is 4.12. The Morgan fingerprint density at radius 2 is 1.56 bits per heavy atom. The quantitative estimate of drug-likeness (QED) is 0.717. The van der Waals surface area contributed by atoms with Gasteiger partial charge in [-0.25, -0.2) is 0 Å². The van der Waals surface area contributed by atoms with Crippen LogP contribution in [0.25, 0.3) is 0 Å². The molecule has 1 N–H and O–H groups in total. The van der Waals surface area contributed by atoms with Crippen LogP contribution in [0.1, 0.15) is 25.7 Å². The van der Waals surface area contributed by atoms with Crippen molar-refractivity contribution in [3.05, 3.63) is 0 Å². The molecule has 0 bridgehead atoms. The summed E-state index contributed by atoms with van der Waals surface area (Å²) in [6.45, 7) is 9.03. The third kappa shape index (κ3) is 3.44. The highest BCUT2D eigenvalue weighted by Crippen LogP contribution is 2.29. The van der Waals surface area contributed by atoms with Crippen LogP contribution in [0.15, 0.2) is 0 Å².